The van der Waals surface area contributed by atoms with Crippen molar-refractivity contribution >= 4 is 22.8 Å². The van der Waals surface area contributed by atoms with Gasteiger partial charge in [-0.2, -0.15) is 0 Å². The average molecular weight is 463 g/mol. The van der Waals surface area contributed by atoms with Crippen LogP contribution in [0.25, 0.3) is 22.3 Å². The van der Waals surface area contributed by atoms with Gasteiger partial charge in [-0.15, -0.1) is 0 Å². The summed E-state index contributed by atoms with van der Waals surface area (Å²) in [6, 6.07) is 6.76. The minimum Gasteiger partial charge on any atom is -0.508 e. The monoisotopic (exact) mass is 463 g/mol. The van der Waals surface area contributed by atoms with Crippen LogP contribution in [0.2, 0.25) is 0 Å². The summed E-state index contributed by atoms with van der Waals surface area (Å²) in [4.78, 5) is 43.8. The van der Waals surface area contributed by atoms with Crippen LogP contribution in [0.3, 0.4) is 0 Å². The lowest BCUT2D eigenvalue weighted by atomic mass is 9.85. The molecule has 0 fully saturated rings. The Balaban J connectivity index is 1.76. The highest BCUT2D eigenvalue weighted by Crippen LogP contribution is 2.42. The molecule has 0 radical (unpaired) electrons. The van der Waals surface area contributed by atoms with Crippen LogP contribution in [0.15, 0.2) is 29.1 Å². The van der Waals surface area contributed by atoms with Crippen LogP contribution in [-0.4, -0.2) is 40.2 Å². The number of hydrogen-bond donors (Lipinski definition) is 2. The molecule has 176 valence electrons. The van der Waals surface area contributed by atoms with Gasteiger partial charge in [0, 0.05) is 16.5 Å². The molecule has 0 amide bonds. The van der Waals surface area contributed by atoms with E-state index in [9.17, 15) is 19.5 Å². The highest BCUT2D eigenvalue weighted by molar-refractivity contribution is 5.90. The molecule has 2 aliphatic heterocycles. The van der Waals surface area contributed by atoms with Crippen LogP contribution >= 0.6 is 0 Å². The van der Waals surface area contributed by atoms with Crippen LogP contribution in [0.1, 0.15) is 42.5 Å². The van der Waals surface area contributed by atoms with Gasteiger partial charge in [0.15, 0.2) is 0 Å². The normalized spacial score (nSPS) is 18.3. The molecule has 9 nitrogen and oxygen atoms in total. The number of aromatic nitrogens is 2. The third-order valence-electron chi connectivity index (χ3n) is 6.72. The van der Waals surface area contributed by atoms with Crippen molar-refractivity contribution in [1.82, 2.24) is 14.9 Å². The van der Waals surface area contributed by atoms with Crippen molar-refractivity contribution in [3.05, 3.63) is 56.9 Å². The Kier molecular flexibility index (Phi) is 5.16. The van der Waals surface area contributed by atoms with Gasteiger partial charge < -0.3 is 24.5 Å². The van der Waals surface area contributed by atoms with E-state index in [-0.39, 0.29) is 30.9 Å². The van der Waals surface area contributed by atoms with E-state index in [2.05, 4.69) is 5.32 Å². The number of fused-ring (bicyclic) bond motifs is 5. The van der Waals surface area contributed by atoms with E-state index in [4.69, 9.17) is 14.5 Å². The van der Waals surface area contributed by atoms with Crippen molar-refractivity contribution in [2.24, 2.45) is 0 Å². The standard InChI is InChI=1S/C25H25N3O6/c1-4-14-15-8-13(29)6-7-19(15)27-22-16(14)11-28-20(22)9-18-17(23(28)31)12-33-24(32)25(18,5-2)34-21(30)10-26-3/h6-9,26,29H,4-5,10-12H2,1-3H3/t25-/m1/s1. The van der Waals surface area contributed by atoms with Gasteiger partial charge in [0.1, 0.15) is 12.4 Å². The van der Waals surface area contributed by atoms with E-state index < -0.39 is 17.5 Å². The van der Waals surface area contributed by atoms with Crippen LogP contribution in [-0.2, 0) is 44.2 Å². The van der Waals surface area contributed by atoms with E-state index >= 15 is 0 Å². The third kappa shape index (κ3) is 3.03. The van der Waals surface area contributed by atoms with E-state index in [1.54, 1.807) is 42.8 Å². The summed E-state index contributed by atoms with van der Waals surface area (Å²) in [7, 11) is 1.60. The molecule has 0 saturated heterocycles. The van der Waals surface area contributed by atoms with Crippen LogP contribution in [0, 0.1) is 0 Å². The van der Waals surface area contributed by atoms with E-state index in [0.717, 1.165) is 16.5 Å². The predicted octanol–water partition coefficient (Wildman–Crippen LogP) is 2.12. The number of nitrogens with one attached hydrogen (secondary N) is 1. The number of rotatable bonds is 5. The van der Waals surface area contributed by atoms with Crippen molar-refractivity contribution in [2.45, 2.75) is 45.4 Å². The number of benzene rings is 1. The first-order valence-corrected chi connectivity index (χ1v) is 11.3. The molecule has 0 aliphatic carbocycles. The Bertz CT molecular complexity index is 1430. The fourth-order valence-electron chi connectivity index (χ4n) is 5.09. The lowest BCUT2D eigenvalue weighted by Crippen LogP contribution is -2.48. The summed E-state index contributed by atoms with van der Waals surface area (Å²) < 4.78 is 12.6. The zero-order valence-electron chi connectivity index (χ0n) is 19.2. The number of nitrogens with zero attached hydrogens (tertiary/aromatic N) is 2. The Morgan fingerprint density at radius 3 is 2.76 bits per heavy atom. The fourth-order valence-corrected chi connectivity index (χ4v) is 5.09. The number of esters is 2. The summed E-state index contributed by atoms with van der Waals surface area (Å²) in [6.45, 7) is 3.79. The summed E-state index contributed by atoms with van der Waals surface area (Å²) in [6.07, 6.45) is 0.810. The molecular weight excluding hydrogens is 438 g/mol. The zero-order valence-corrected chi connectivity index (χ0v) is 19.2. The first-order chi connectivity index (χ1) is 16.3. The molecule has 3 aromatic rings. The van der Waals surface area contributed by atoms with E-state index in [1.807, 2.05) is 6.92 Å². The number of hydrogen-bond acceptors (Lipinski definition) is 8. The van der Waals surface area contributed by atoms with Gasteiger partial charge in [0.05, 0.1) is 35.6 Å². The number of ether oxygens (including phenoxy) is 2. The van der Waals surface area contributed by atoms with E-state index in [0.29, 0.717) is 41.0 Å². The third-order valence-corrected chi connectivity index (χ3v) is 6.72. The van der Waals surface area contributed by atoms with Crippen LogP contribution < -0.4 is 10.9 Å². The molecule has 1 aromatic carbocycles. The first kappa shape index (κ1) is 22.1. The molecule has 4 heterocycles. The number of pyridine rings is 2. The zero-order chi connectivity index (χ0) is 24.2. The molecule has 9 heteroatoms. The molecule has 1 atom stereocenters. The minimum atomic E-state index is -1.70. The Morgan fingerprint density at radius 2 is 2.06 bits per heavy atom. The second kappa shape index (κ2) is 7.95. The van der Waals surface area contributed by atoms with Crippen molar-refractivity contribution < 1.29 is 24.2 Å². The van der Waals surface area contributed by atoms with Gasteiger partial charge in [-0.1, -0.05) is 13.8 Å². The van der Waals surface area contributed by atoms with E-state index in [1.165, 1.54) is 0 Å². The molecule has 2 N–H and O–H groups in total. The number of aromatic hydroxyl groups is 1. The second-order valence-electron chi connectivity index (χ2n) is 8.55. The van der Waals surface area contributed by atoms with Crippen LogP contribution in [0.4, 0.5) is 0 Å². The smallest absolute Gasteiger partial charge is 0.355 e. The number of carbonyl (C=O) groups excluding carboxylic acids is 2. The van der Waals surface area contributed by atoms with Crippen molar-refractivity contribution in [3.8, 4) is 17.1 Å². The maximum atomic E-state index is 13.6. The van der Waals surface area contributed by atoms with Gasteiger partial charge in [-0.25, -0.2) is 9.78 Å². The van der Waals surface area contributed by atoms with Crippen molar-refractivity contribution in [3.63, 3.8) is 0 Å². The molecular formula is C25H25N3O6. The van der Waals surface area contributed by atoms with Gasteiger partial charge in [0.2, 0.25) is 5.60 Å². The number of likely N-dealkylation sites (N-methyl/N-ethyl adjacent to an activating group) is 1. The SMILES string of the molecule is CCc1c2c(nc3ccc(O)cc13)-c1cc3c(c(=O)n1C2)COC(=O)[C@]3(CC)OC(=O)CNC. The Hall–Kier alpha value is -3.72. The second-order valence-corrected chi connectivity index (χ2v) is 8.55. The largest absolute Gasteiger partial charge is 0.508 e. The molecule has 2 aliphatic rings. The van der Waals surface area contributed by atoms with Crippen LogP contribution in [0.5, 0.6) is 5.75 Å². The quantitative estimate of drug-likeness (QED) is 0.432. The first-order valence-electron chi connectivity index (χ1n) is 11.3. The summed E-state index contributed by atoms with van der Waals surface area (Å²) in [5, 5.41) is 13.6. The summed E-state index contributed by atoms with van der Waals surface area (Å²) >= 11 is 0. The van der Waals surface area contributed by atoms with Gasteiger partial charge in [-0.05, 0) is 49.7 Å². The number of aryl methyl sites for hydroxylation is 1. The summed E-state index contributed by atoms with van der Waals surface area (Å²) in [5.74, 6) is -1.16. The number of cyclic esters (lactones) is 1. The lowest BCUT2D eigenvalue weighted by Gasteiger charge is -2.35. The predicted molar refractivity (Wildman–Crippen MR) is 123 cm³/mol. The lowest BCUT2D eigenvalue weighted by molar-refractivity contribution is -0.188. The molecule has 0 unspecified atom stereocenters. The highest BCUT2D eigenvalue weighted by atomic mass is 16.6. The van der Waals surface area contributed by atoms with Crippen molar-refractivity contribution in [1.29, 1.82) is 0 Å². The molecule has 5 rings (SSSR count). The summed E-state index contributed by atoms with van der Waals surface area (Å²) in [5.41, 5.74) is 2.49. The number of phenolic OH excluding ortho intramolecular Hbond substituents is 1. The van der Waals surface area contributed by atoms with Crippen molar-refractivity contribution in [2.75, 3.05) is 13.6 Å². The van der Waals surface area contributed by atoms with Gasteiger partial charge >= 0.3 is 11.9 Å². The Labute approximate surface area is 195 Å². The maximum absolute atomic E-state index is 13.6. The van der Waals surface area contributed by atoms with Gasteiger partial charge in [-0.3, -0.25) is 9.59 Å². The minimum absolute atomic E-state index is 0.0859. The Morgan fingerprint density at radius 1 is 1.26 bits per heavy atom. The number of phenols is 1. The molecule has 34 heavy (non-hydrogen) atoms. The fraction of sp³-hybridized carbons (Fsp3) is 0.360. The molecule has 0 saturated carbocycles. The highest BCUT2D eigenvalue weighted by Gasteiger charge is 2.50. The van der Waals surface area contributed by atoms with Gasteiger partial charge in [0.25, 0.3) is 5.56 Å². The molecule has 0 spiro atoms. The maximum Gasteiger partial charge on any atom is 0.355 e. The topological polar surface area (TPSA) is 120 Å². The average Bonchev–Trinajstić information content (AvgIpc) is 3.18. The molecule has 2 aromatic heterocycles. The molecule has 0 bridgehead atoms. The number of carbonyl (C=O) groups is 2.